The van der Waals surface area contributed by atoms with Crippen LogP contribution in [0.4, 0.5) is 29.3 Å². The Morgan fingerprint density at radius 1 is 1.00 bits per heavy atom. The summed E-state index contributed by atoms with van der Waals surface area (Å²) >= 11 is 5.99. The Hall–Kier alpha value is -3.79. The molecule has 2 amide bonds. The topological polar surface area (TPSA) is 77.0 Å². The Bertz CT molecular complexity index is 1500. The van der Waals surface area contributed by atoms with Crippen molar-refractivity contribution < 1.29 is 27.9 Å². The lowest BCUT2D eigenvalue weighted by Crippen LogP contribution is -2.52. The van der Waals surface area contributed by atoms with Crippen LogP contribution in [0.15, 0.2) is 48.5 Å². The first kappa shape index (κ1) is 29.7. The average Bonchev–Trinajstić information content (AvgIpc) is 3.36. The maximum atomic E-state index is 14.3. The largest absolute Gasteiger partial charge is 0.478 e. The van der Waals surface area contributed by atoms with Crippen LogP contribution in [-0.2, 0) is 12.6 Å². The van der Waals surface area contributed by atoms with Gasteiger partial charge in [0.2, 0.25) is 0 Å². The van der Waals surface area contributed by atoms with E-state index < -0.39 is 35.8 Å². The SMILES string of the molecule is Cc1cc(N2CCC(N(C(=O)N(C)C3CCc4ccc(C(=O)O)cc43)c3ccc(Cl)cc3C(F)(F)F)CC2)cc(C)n1. The number of pyridine rings is 1. The van der Waals surface area contributed by atoms with Gasteiger partial charge in [0.1, 0.15) is 0 Å². The molecule has 1 atom stereocenters. The van der Waals surface area contributed by atoms with Crippen molar-refractivity contribution in [2.45, 2.75) is 57.8 Å². The molecule has 0 radical (unpaired) electrons. The van der Waals surface area contributed by atoms with Crippen molar-refractivity contribution in [3.8, 4) is 0 Å². The number of aryl methyl sites for hydroxylation is 3. The number of carboxylic acid groups (broad SMARTS) is 1. The fraction of sp³-hybridized carbons (Fsp3) is 0.387. The first-order valence-electron chi connectivity index (χ1n) is 13.8. The molecule has 2 aromatic carbocycles. The molecule has 222 valence electrons. The fourth-order valence-electron chi connectivity index (χ4n) is 6.20. The normalized spacial score (nSPS) is 17.2. The number of alkyl halides is 3. The van der Waals surface area contributed by atoms with Crippen LogP contribution in [0.2, 0.25) is 5.02 Å². The number of nitrogens with zero attached hydrogens (tertiary/aromatic N) is 4. The van der Waals surface area contributed by atoms with Gasteiger partial charge in [0.05, 0.1) is 22.9 Å². The summed E-state index contributed by atoms with van der Waals surface area (Å²) < 4.78 is 43.0. The predicted octanol–water partition coefficient (Wildman–Crippen LogP) is 7.28. The van der Waals surface area contributed by atoms with E-state index >= 15 is 0 Å². The molecule has 2 aliphatic rings. The van der Waals surface area contributed by atoms with Gasteiger partial charge in [0, 0.05) is 48.3 Å². The van der Waals surface area contributed by atoms with Gasteiger partial charge in [0.25, 0.3) is 0 Å². The number of piperidine rings is 1. The Balaban J connectivity index is 1.49. The first-order chi connectivity index (χ1) is 19.8. The van der Waals surface area contributed by atoms with Crippen LogP contribution in [0.3, 0.4) is 0 Å². The smallest absolute Gasteiger partial charge is 0.418 e. The molecule has 1 N–H and O–H groups in total. The number of carbonyl (C=O) groups excluding carboxylic acids is 1. The summed E-state index contributed by atoms with van der Waals surface area (Å²) in [5.41, 5.74) is 3.27. The zero-order chi connectivity index (χ0) is 30.3. The number of carboxylic acids is 1. The maximum absolute atomic E-state index is 14.3. The average molecular weight is 601 g/mol. The van der Waals surface area contributed by atoms with Gasteiger partial charge in [-0.25, -0.2) is 9.59 Å². The minimum atomic E-state index is -4.74. The van der Waals surface area contributed by atoms with Crippen LogP contribution in [0.25, 0.3) is 0 Å². The predicted molar refractivity (Wildman–Crippen MR) is 156 cm³/mol. The second-order valence-electron chi connectivity index (χ2n) is 11.0. The number of amides is 2. The summed E-state index contributed by atoms with van der Waals surface area (Å²) in [4.78, 5) is 35.2. The monoisotopic (exact) mass is 600 g/mol. The Kier molecular flexibility index (Phi) is 8.11. The molecule has 7 nitrogen and oxygen atoms in total. The summed E-state index contributed by atoms with van der Waals surface area (Å²) in [6.07, 6.45) is -2.66. The number of urea groups is 1. The highest BCUT2D eigenvalue weighted by Crippen LogP contribution is 2.42. The van der Waals surface area contributed by atoms with E-state index in [0.717, 1.165) is 28.7 Å². The number of aromatic carboxylic acids is 1. The molecular weight excluding hydrogens is 569 g/mol. The maximum Gasteiger partial charge on any atom is 0.418 e. The van der Waals surface area contributed by atoms with Gasteiger partial charge in [-0.2, -0.15) is 13.2 Å². The number of carbonyl (C=O) groups is 2. The number of hydrogen-bond acceptors (Lipinski definition) is 4. The van der Waals surface area contributed by atoms with E-state index in [1.165, 1.54) is 28.0 Å². The summed E-state index contributed by atoms with van der Waals surface area (Å²) in [6.45, 7) is 4.92. The van der Waals surface area contributed by atoms with Crippen LogP contribution < -0.4 is 9.80 Å². The number of halogens is 4. The number of anilines is 2. The van der Waals surface area contributed by atoms with Crippen molar-refractivity contribution in [1.29, 1.82) is 0 Å². The standard InChI is InChI=1S/C31H32ClF3N4O3/c1-18-14-24(15-19(2)36-18)38-12-10-23(11-13-38)39(28-9-7-22(32)17-26(28)31(33,34)35)30(42)37(3)27-8-6-20-4-5-21(29(40)41)16-25(20)27/h4-5,7,9,14-17,23,27H,6,8,10-13H2,1-3H3,(H,40,41). The lowest BCUT2D eigenvalue weighted by atomic mass is 9.99. The van der Waals surface area contributed by atoms with Crippen LogP contribution >= 0.6 is 11.6 Å². The van der Waals surface area contributed by atoms with Gasteiger partial charge in [-0.1, -0.05) is 17.7 Å². The van der Waals surface area contributed by atoms with Crippen molar-refractivity contribution in [1.82, 2.24) is 9.88 Å². The Labute approximate surface area is 247 Å². The molecule has 1 saturated heterocycles. The first-order valence-corrected chi connectivity index (χ1v) is 14.2. The molecule has 1 aliphatic heterocycles. The molecule has 2 heterocycles. The Morgan fingerprint density at radius 2 is 1.67 bits per heavy atom. The van der Waals surface area contributed by atoms with Gasteiger partial charge in [-0.3, -0.25) is 9.88 Å². The second kappa shape index (κ2) is 11.5. The fourth-order valence-corrected chi connectivity index (χ4v) is 6.37. The van der Waals surface area contributed by atoms with Gasteiger partial charge >= 0.3 is 18.2 Å². The quantitative estimate of drug-likeness (QED) is 0.333. The van der Waals surface area contributed by atoms with E-state index in [1.54, 1.807) is 19.2 Å². The van der Waals surface area contributed by atoms with Crippen LogP contribution in [0, 0.1) is 13.8 Å². The van der Waals surface area contributed by atoms with Crippen LogP contribution in [0.1, 0.15) is 63.7 Å². The third-order valence-electron chi connectivity index (χ3n) is 8.20. The van der Waals surface area contributed by atoms with E-state index in [2.05, 4.69) is 9.88 Å². The number of rotatable bonds is 5. The Morgan fingerprint density at radius 3 is 2.29 bits per heavy atom. The molecule has 1 aliphatic carbocycles. The van der Waals surface area contributed by atoms with Gasteiger partial charge in [-0.05, 0) is 93.1 Å². The molecule has 0 saturated carbocycles. The van der Waals surface area contributed by atoms with Crippen molar-refractivity contribution in [3.05, 3.63) is 87.2 Å². The molecule has 42 heavy (non-hydrogen) atoms. The third kappa shape index (κ3) is 5.90. The van der Waals surface area contributed by atoms with Crippen molar-refractivity contribution in [2.75, 3.05) is 29.9 Å². The molecule has 11 heteroatoms. The lowest BCUT2D eigenvalue weighted by Gasteiger charge is -2.42. The van der Waals surface area contributed by atoms with E-state index in [9.17, 15) is 27.9 Å². The van der Waals surface area contributed by atoms with Crippen molar-refractivity contribution in [2.24, 2.45) is 0 Å². The summed E-state index contributed by atoms with van der Waals surface area (Å²) in [7, 11) is 1.57. The third-order valence-corrected chi connectivity index (χ3v) is 8.43. The molecule has 3 aromatic rings. The van der Waals surface area contributed by atoms with Gasteiger partial charge in [0.15, 0.2) is 0 Å². The highest BCUT2D eigenvalue weighted by atomic mass is 35.5. The molecule has 5 rings (SSSR count). The van der Waals surface area contributed by atoms with E-state index in [4.69, 9.17) is 11.6 Å². The highest BCUT2D eigenvalue weighted by Gasteiger charge is 2.41. The van der Waals surface area contributed by atoms with Gasteiger partial charge < -0.3 is 14.9 Å². The van der Waals surface area contributed by atoms with E-state index in [-0.39, 0.29) is 16.3 Å². The molecule has 1 unspecified atom stereocenters. The molecule has 1 aromatic heterocycles. The van der Waals surface area contributed by atoms with Crippen LogP contribution in [-0.4, -0.2) is 53.2 Å². The second-order valence-corrected chi connectivity index (χ2v) is 11.5. The summed E-state index contributed by atoms with van der Waals surface area (Å²) in [5.74, 6) is -1.08. The minimum absolute atomic E-state index is 0.0732. The molecule has 0 spiro atoms. The van der Waals surface area contributed by atoms with Gasteiger partial charge in [-0.15, -0.1) is 0 Å². The van der Waals surface area contributed by atoms with Crippen molar-refractivity contribution in [3.63, 3.8) is 0 Å². The zero-order valence-electron chi connectivity index (χ0n) is 23.6. The molecular formula is C31H32ClF3N4O3. The van der Waals surface area contributed by atoms with Crippen LogP contribution in [0.5, 0.6) is 0 Å². The number of hydrogen-bond donors (Lipinski definition) is 1. The number of aromatic nitrogens is 1. The zero-order valence-corrected chi connectivity index (χ0v) is 24.3. The molecule has 1 fully saturated rings. The van der Waals surface area contributed by atoms with Crippen molar-refractivity contribution >= 4 is 35.0 Å². The number of fused-ring (bicyclic) bond motifs is 1. The summed E-state index contributed by atoms with van der Waals surface area (Å²) in [6, 6.07) is 10.7. The highest BCUT2D eigenvalue weighted by molar-refractivity contribution is 6.30. The molecule has 0 bridgehead atoms. The van der Waals surface area contributed by atoms with E-state index in [0.29, 0.717) is 44.3 Å². The van der Waals surface area contributed by atoms with E-state index in [1.807, 2.05) is 26.0 Å². The lowest BCUT2D eigenvalue weighted by molar-refractivity contribution is -0.137. The summed E-state index contributed by atoms with van der Waals surface area (Å²) in [5, 5.41) is 9.43. The minimum Gasteiger partial charge on any atom is -0.478 e. The number of benzene rings is 2.